The number of nitrogens with zero attached hydrogens (tertiary/aromatic N) is 2. The molecule has 1 heterocycles. The molecule has 1 atom stereocenters. The number of carbonyl (C=O) groups is 2. The zero-order valence-electron chi connectivity index (χ0n) is 16.5. The van der Waals surface area contributed by atoms with Gasteiger partial charge < -0.3 is 5.32 Å². The van der Waals surface area contributed by atoms with Gasteiger partial charge in [-0.2, -0.15) is 0 Å². The maximum Gasteiger partial charge on any atom is 0.321 e. The fourth-order valence-corrected chi connectivity index (χ4v) is 3.50. The van der Waals surface area contributed by atoms with Gasteiger partial charge in [0, 0.05) is 11.6 Å². The van der Waals surface area contributed by atoms with E-state index in [1.165, 1.54) is 0 Å². The molecule has 0 spiro atoms. The van der Waals surface area contributed by atoms with Crippen molar-refractivity contribution in [1.29, 1.82) is 0 Å². The van der Waals surface area contributed by atoms with Crippen LogP contribution in [0.4, 0.5) is 4.79 Å². The van der Waals surface area contributed by atoms with Gasteiger partial charge in [0.25, 0.3) is 5.56 Å². The average Bonchev–Trinajstić information content (AvgIpc) is 2.52. The second-order valence-electron chi connectivity index (χ2n) is 7.63. The Labute approximate surface area is 162 Å². The first-order valence-electron chi connectivity index (χ1n) is 8.80. The predicted molar refractivity (Wildman–Crippen MR) is 108 cm³/mol. The summed E-state index contributed by atoms with van der Waals surface area (Å²) in [7, 11) is 0. The molecule has 2 rings (SSSR count). The molecule has 0 fully saturated rings. The summed E-state index contributed by atoms with van der Waals surface area (Å²) in [6, 6.07) is 6.46. The Morgan fingerprint density at radius 3 is 2.37 bits per heavy atom. The predicted octanol–water partition coefficient (Wildman–Crippen LogP) is 3.08. The Morgan fingerprint density at radius 1 is 1.15 bits per heavy atom. The Morgan fingerprint density at radius 2 is 1.78 bits per heavy atom. The number of rotatable bonds is 4. The highest BCUT2D eigenvalue weighted by atomic mass is 32.2. The zero-order chi connectivity index (χ0) is 20.4. The standard InChI is InChI=1S/C19H26N4O3S/c1-11(2)23-16(25)13-9-7-8-10-14(13)20-18(23)27-12(3)15(24)21-17(26)22-19(4,5)6/h7-12H,1-6H3,(H2,21,22,24,26)/t12-/m0/s1. The minimum Gasteiger partial charge on any atom is -0.333 e. The normalized spacial score (nSPS) is 12.9. The minimum absolute atomic E-state index is 0.114. The molecule has 0 saturated heterocycles. The molecular formula is C19H26N4O3S. The highest BCUT2D eigenvalue weighted by Gasteiger charge is 2.23. The van der Waals surface area contributed by atoms with E-state index in [0.717, 1.165) is 11.8 Å². The lowest BCUT2D eigenvalue weighted by molar-refractivity contribution is -0.119. The van der Waals surface area contributed by atoms with Crippen molar-refractivity contribution in [3.8, 4) is 0 Å². The van der Waals surface area contributed by atoms with Crippen LogP contribution in [0.3, 0.4) is 0 Å². The summed E-state index contributed by atoms with van der Waals surface area (Å²) >= 11 is 1.16. The van der Waals surface area contributed by atoms with Crippen LogP contribution < -0.4 is 16.2 Å². The number of benzene rings is 1. The Hall–Kier alpha value is -2.35. The van der Waals surface area contributed by atoms with Crippen molar-refractivity contribution in [1.82, 2.24) is 20.2 Å². The van der Waals surface area contributed by atoms with Crippen molar-refractivity contribution in [2.45, 2.75) is 63.5 Å². The van der Waals surface area contributed by atoms with Gasteiger partial charge in [0.15, 0.2) is 5.16 Å². The van der Waals surface area contributed by atoms with Crippen LogP contribution in [0.5, 0.6) is 0 Å². The third-order valence-electron chi connectivity index (χ3n) is 3.67. The molecule has 0 aliphatic heterocycles. The molecule has 2 aromatic rings. The molecule has 0 aliphatic rings. The van der Waals surface area contributed by atoms with Gasteiger partial charge in [0.2, 0.25) is 5.91 Å². The highest BCUT2D eigenvalue weighted by molar-refractivity contribution is 8.00. The third kappa shape index (κ3) is 5.32. The maximum absolute atomic E-state index is 12.8. The SMILES string of the molecule is CC(C)n1c(S[C@@H](C)C(=O)NC(=O)NC(C)(C)C)nc2ccccc2c1=O. The van der Waals surface area contributed by atoms with Crippen LogP contribution in [-0.2, 0) is 4.79 Å². The number of carbonyl (C=O) groups excluding carboxylic acids is 2. The van der Waals surface area contributed by atoms with Crippen molar-refractivity contribution < 1.29 is 9.59 Å². The van der Waals surface area contributed by atoms with Gasteiger partial charge in [0.05, 0.1) is 16.2 Å². The first-order valence-corrected chi connectivity index (χ1v) is 9.68. The van der Waals surface area contributed by atoms with Crippen LogP contribution in [-0.4, -0.2) is 32.3 Å². The fourth-order valence-electron chi connectivity index (χ4n) is 2.46. The van der Waals surface area contributed by atoms with Crippen LogP contribution in [0.1, 0.15) is 47.6 Å². The lowest BCUT2D eigenvalue weighted by atomic mass is 10.1. The molecule has 0 saturated carbocycles. The van der Waals surface area contributed by atoms with Gasteiger partial charge in [-0.25, -0.2) is 9.78 Å². The van der Waals surface area contributed by atoms with E-state index in [9.17, 15) is 14.4 Å². The number of para-hydroxylation sites is 1. The average molecular weight is 391 g/mol. The molecule has 3 amide bonds. The number of fused-ring (bicyclic) bond motifs is 1. The summed E-state index contributed by atoms with van der Waals surface area (Å²) in [5, 5.41) is 5.40. The van der Waals surface area contributed by atoms with Crippen LogP contribution >= 0.6 is 11.8 Å². The molecule has 27 heavy (non-hydrogen) atoms. The van der Waals surface area contributed by atoms with Crippen LogP contribution in [0, 0.1) is 0 Å². The first kappa shape index (κ1) is 21.0. The number of hydrogen-bond donors (Lipinski definition) is 2. The third-order valence-corrected chi connectivity index (χ3v) is 4.73. The van der Waals surface area contributed by atoms with E-state index in [4.69, 9.17) is 0 Å². The van der Waals surface area contributed by atoms with Crippen LogP contribution in [0.25, 0.3) is 10.9 Å². The van der Waals surface area contributed by atoms with E-state index in [-0.39, 0.29) is 11.6 Å². The monoisotopic (exact) mass is 390 g/mol. The van der Waals surface area contributed by atoms with E-state index < -0.39 is 22.7 Å². The van der Waals surface area contributed by atoms with Gasteiger partial charge in [0.1, 0.15) is 0 Å². The molecular weight excluding hydrogens is 364 g/mol. The topological polar surface area (TPSA) is 93.1 Å². The summed E-state index contributed by atoms with van der Waals surface area (Å²) in [6.45, 7) is 10.9. The van der Waals surface area contributed by atoms with E-state index in [1.54, 1.807) is 29.7 Å². The Bertz CT molecular complexity index is 915. The molecule has 146 valence electrons. The molecule has 0 radical (unpaired) electrons. The van der Waals surface area contributed by atoms with Crippen LogP contribution in [0.15, 0.2) is 34.2 Å². The van der Waals surface area contributed by atoms with Crippen molar-refractivity contribution in [3.63, 3.8) is 0 Å². The van der Waals surface area contributed by atoms with Gasteiger partial charge in [-0.1, -0.05) is 23.9 Å². The Kier molecular flexibility index (Phi) is 6.30. The smallest absolute Gasteiger partial charge is 0.321 e. The summed E-state index contributed by atoms with van der Waals surface area (Å²) in [4.78, 5) is 41.7. The molecule has 0 aliphatic carbocycles. The minimum atomic E-state index is -0.603. The zero-order valence-corrected chi connectivity index (χ0v) is 17.3. The Balaban J connectivity index is 2.27. The first-order chi connectivity index (χ1) is 12.5. The molecule has 1 aromatic carbocycles. The number of hydrogen-bond acceptors (Lipinski definition) is 5. The van der Waals surface area contributed by atoms with E-state index >= 15 is 0 Å². The number of aromatic nitrogens is 2. The molecule has 8 heteroatoms. The fraction of sp³-hybridized carbons (Fsp3) is 0.474. The van der Waals surface area contributed by atoms with E-state index in [1.807, 2.05) is 40.7 Å². The lowest BCUT2D eigenvalue weighted by Crippen LogP contribution is -2.49. The maximum atomic E-state index is 12.8. The second-order valence-corrected chi connectivity index (χ2v) is 8.94. The summed E-state index contributed by atoms with van der Waals surface area (Å²) in [5.41, 5.74) is -0.00477. The number of thioether (sulfide) groups is 1. The number of urea groups is 1. The number of imide groups is 1. The van der Waals surface area contributed by atoms with Gasteiger partial charge in [-0.3, -0.25) is 19.5 Å². The molecule has 1 aromatic heterocycles. The quantitative estimate of drug-likeness (QED) is 0.618. The molecule has 0 bridgehead atoms. The summed E-state index contributed by atoms with van der Waals surface area (Å²) < 4.78 is 1.58. The molecule has 2 N–H and O–H groups in total. The van der Waals surface area contributed by atoms with Crippen molar-refractivity contribution in [3.05, 3.63) is 34.6 Å². The van der Waals surface area contributed by atoms with Gasteiger partial charge in [-0.15, -0.1) is 0 Å². The van der Waals surface area contributed by atoms with Crippen molar-refractivity contribution in [2.75, 3.05) is 0 Å². The summed E-state index contributed by atoms with van der Waals surface area (Å²) in [6.07, 6.45) is 0. The van der Waals surface area contributed by atoms with Gasteiger partial charge in [-0.05, 0) is 53.7 Å². The van der Waals surface area contributed by atoms with Crippen molar-refractivity contribution >= 4 is 34.6 Å². The van der Waals surface area contributed by atoms with Crippen molar-refractivity contribution in [2.24, 2.45) is 0 Å². The van der Waals surface area contributed by atoms with Gasteiger partial charge >= 0.3 is 6.03 Å². The number of amides is 3. The summed E-state index contributed by atoms with van der Waals surface area (Å²) in [5.74, 6) is -0.445. The van der Waals surface area contributed by atoms with E-state index in [0.29, 0.717) is 16.1 Å². The van der Waals surface area contributed by atoms with Crippen LogP contribution in [0.2, 0.25) is 0 Å². The molecule has 0 unspecified atom stereocenters. The largest absolute Gasteiger partial charge is 0.333 e. The number of nitrogens with one attached hydrogen (secondary N) is 2. The molecule has 7 nitrogen and oxygen atoms in total. The highest BCUT2D eigenvalue weighted by Crippen LogP contribution is 2.24. The van der Waals surface area contributed by atoms with E-state index in [2.05, 4.69) is 15.6 Å². The second kappa shape index (κ2) is 8.12. The lowest BCUT2D eigenvalue weighted by Gasteiger charge is -2.21.